The van der Waals surface area contributed by atoms with Crippen LogP contribution in [0.15, 0.2) is 36.4 Å². The minimum atomic E-state index is -4.36. The third-order valence-corrected chi connectivity index (χ3v) is 4.87. The molecule has 0 saturated carbocycles. The lowest BCUT2D eigenvalue weighted by atomic mass is 9.71. The molecule has 2 aromatic carbocycles. The van der Waals surface area contributed by atoms with E-state index in [9.17, 15) is 13.2 Å². The molecule has 2 nitrogen and oxygen atoms in total. The number of anilines is 1. The van der Waals surface area contributed by atoms with Crippen LogP contribution in [0, 0.1) is 0 Å². The van der Waals surface area contributed by atoms with Crippen molar-refractivity contribution in [1.29, 1.82) is 0 Å². The van der Waals surface area contributed by atoms with Crippen molar-refractivity contribution in [3.8, 4) is 5.75 Å². The molecule has 0 radical (unpaired) electrons. The van der Waals surface area contributed by atoms with Crippen LogP contribution in [0.1, 0.15) is 30.0 Å². The maximum Gasteiger partial charge on any atom is 0.416 e. The molecular weight excluding hydrogens is 339 g/mol. The number of hydrogen-bond acceptors (Lipinski definition) is 2. The lowest BCUT2D eigenvalue weighted by Gasteiger charge is -2.38. The SMILES string of the molecule is COc1ccc(Cl)cc1C1(C)CCNc2cc(C(F)(F)F)ccc21. The van der Waals surface area contributed by atoms with Crippen LogP contribution in [0.2, 0.25) is 5.02 Å². The number of nitrogens with one attached hydrogen (secondary N) is 1. The van der Waals surface area contributed by atoms with Crippen molar-refractivity contribution >= 4 is 17.3 Å². The van der Waals surface area contributed by atoms with Crippen LogP contribution >= 0.6 is 11.6 Å². The van der Waals surface area contributed by atoms with E-state index in [1.54, 1.807) is 25.3 Å². The first-order chi connectivity index (χ1) is 11.3. The average Bonchev–Trinajstić information content (AvgIpc) is 2.54. The number of alkyl halides is 3. The fourth-order valence-corrected chi connectivity index (χ4v) is 3.49. The van der Waals surface area contributed by atoms with Gasteiger partial charge in [0.2, 0.25) is 0 Å². The molecule has 0 fully saturated rings. The van der Waals surface area contributed by atoms with E-state index in [2.05, 4.69) is 5.32 Å². The van der Waals surface area contributed by atoms with E-state index in [-0.39, 0.29) is 0 Å². The van der Waals surface area contributed by atoms with E-state index >= 15 is 0 Å². The van der Waals surface area contributed by atoms with Gasteiger partial charge in [-0.2, -0.15) is 13.2 Å². The zero-order valence-corrected chi connectivity index (χ0v) is 14.1. The van der Waals surface area contributed by atoms with Crippen LogP contribution in [0.4, 0.5) is 18.9 Å². The molecule has 0 saturated heterocycles. The van der Waals surface area contributed by atoms with Crippen LogP contribution in [0.5, 0.6) is 5.75 Å². The van der Waals surface area contributed by atoms with Crippen LogP contribution in [0.25, 0.3) is 0 Å². The second-order valence-corrected chi connectivity index (χ2v) is 6.55. The minimum absolute atomic E-state index is 0.485. The first-order valence-electron chi connectivity index (χ1n) is 7.55. The van der Waals surface area contributed by atoms with Gasteiger partial charge in [0.05, 0.1) is 12.7 Å². The van der Waals surface area contributed by atoms with Gasteiger partial charge in [0.15, 0.2) is 0 Å². The van der Waals surface area contributed by atoms with Gasteiger partial charge in [-0.15, -0.1) is 0 Å². The fraction of sp³-hybridized carbons (Fsp3) is 0.333. The summed E-state index contributed by atoms with van der Waals surface area (Å²) < 4.78 is 44.4. The van der Waals surface area contributed by atoms with Gasteiger partial charge >= 0.3 is 6.18 Å². The van der Waals surface area contributed by atoms with E-state index in [0.29, 0.717) is 23.0 Å². The number of methoxy groups -OCH3 is 1. The molecule has 24 heavy (non-hydrogen) atoms. The molecule has 0 bridgehead atoms. The predicted molar refractivity (Wildman–Crippen MR) is 89.0 cm³/mol. The van der Waals surface area contributed by atoms with Crippen molar-refractivity contribution in [2.45, 2.75) is 24.9 Å². The lowest BCUT2D eigenvalue weighted by molar-refractivity contribution is -0.137. The Bertz CT molecular complexity index is 775. The molecule has 1 aliphatic rings. The second-order valence-electron chi connectivity index (χ2n) is 6.11. The van der Waals surface area contributed by atoms with E-state index in [0.717, 1.165) is 23.6 Å². The number of benzene rings is 2. The number of fused-ring (bicyclic) bond motifs is 1. The monoisotopic (exact) mass is 355 g/mol. The third kappa shape index (κ3) is 2.81. The maximum atomic E-state index is 13.0. The Morgan fingerprint density at radius 1 is 1.12 bits per heavy atom. The smallest absolute Gasteiger partial charge is 0.416 e. The summed E-state index contributed by atoms with van der Waals surface area (Å²) in [6.07, 6.45) is -3.64. The summed E-state index contributed by atoms with van der Waals surface area (Å²) in [7, 11) is 1.57. The number of ether oxygens (including phenoxy) is 1. The van der Waals surface area contributed by atoms with E-state index in [1.165, 1.54) is 6.07 Å². The van der Waals surface area contributed by atoms with Crippen molar-refractivity contribution in [1.82, 2.24) is 0 Å². The highest BCUT2D eigenvalue weighted by Gasteiger charge is 2.38. The molecule has 2 aromatic rings. The first-order valence-corrected chi connectivity index (χ1v) is 7.93. The van der Waals surface area contributed by atoms with Gasteiger partial charge in [0.25, 0.3) is 0 Å². The van der Waals surface area contributed by atoms with Gasteiger partial charge in [-0.25, -0.2) is 0 Å². The largest absolute Gasteiger partial charge is 0.496 e. The average molecular weight is 356 g/mol. The van der Waals surface area contributed by atoms with Crippen LogP contribution in [0.3, 0.4) is 0 Å². The summed E-state index contributed by atoms with van der Waals surface area (Å²) in [5.74, 6) is 0.676. The molecule has 1 N–H and O–H groups in total. The number of halogens is 4. The lowest BCUT2D eigenvalue weighted by Crippen LogP contribution is -2.33. The van der Waals surface area contributed by atoms with E-state index < -0.39 is 17.2 Å². The molecule has 1 heterocycles. The van der Waals surface area contributed by atoms with Crippen molar-refractivity contribution < 1.29 is 17.9 Å². The molecule has 3 rings (SSSR count). The highest BCUT2D eigenvalue weighted by atomic mass is 35.5. The topological polar surface area (TPSA) is 21.3 Å². The predicted octanol–water partition coefficient (Wildman–Crippen LogP) is 5.49. The van der Waals surface area contributed by atoms with Crippen molar-refractivity contribution in [3.05, 3.63) is 58.1 Å². The van der Waals surface area contributed by atoms with Gasteiger partial charge < -0.3 is 10.1 Å². The molecule has 1 unspecified atom stereocenters. The Balaban J connectivity index is 2.17. The Labute approximate surface area is 143 Å². The highest BCUT2D eigenvalue weighted by molar-refractivity contribution is 6.30. The zero-order valence-electron chi connectivity index (χ0n) is 13.3. The summed E-state index contributed by atoms with van der Waals surface area (Å²) in [4.78, 5) is 0. The normalized spacial score (nSPS) is 20.2. The molecule has 6 heteroatoms. The zero-order chi connectivity index (χ0) is 17.5. The molecule has 1 atom stereocenters. The molecule has 128 valence electrons. The minimum Gasteiger partial charge on any atom is -0.496 e. The Morgan fingerprint density at radius 2 is 1.88 bits per heavy atom. The van der Waals surface area contributed by atoms with Crippen LogP contribution in [-0.2, 0) is 11.6 Å². The Kier molecular flexibility index (Phi) is 4.16. The molecule has 0 aliphatic carbocycles. The summed E-state index contributed by atoms with van der Waals surface area (Å²) in [6, 6.07) is 9.19. The van der Waals surface area contributed by atoms with Crippen LogP contribution in [-0.4, -0.2) is 13.7 Å². The summed E-state index contributed by atoms with van der Waals surface area (Å²) in [5.41, 5.74) is 1.04. The van der Waals surface area contributed by atoms with Crippen molar-refractivity contribution in [2.75, 3.05) is 19.0 Å². The summed E-state index contributed by atoms with van der Waals surface area (Å²) >= 11 is 6.15. The second kappa shape index (κ2) is 5.88. The molecule has 0 amide bonds. The molecule has 0 spiro atoms. The Hall–Kier alpha value is -1.88. The van der Waals surface area contributed by atoms with Gasteiger partial charge in [-0.3, -0.25) is 0 Å². The van der Waals surface area contributed by atoms with Crippen molar-refractivity contribution in [2.24, 2.45) is 0 Å². The molecule has 1 aliphatic heterocycles. The van der Waals surface area contributed by atoms with Gasteiger partial charge in [0, 0.05) is 28.2 Å². The Morgan fingerprint density at radius 3 is 2.54 bits per heavy atom. The molecular formula is C18H17ClF3NO. The molecule has 0 aromatic heterocycles. The highest BCUT2D eigenvalue weighted by Crippen LogP contribution is 2.47. The van der Waals surface area contributed by atoms with Crippen LogP contribution < -0.4 is 10.1 Å². The number of hydrogen-bond donors (Lipinski definition) is 1. The maximum absolute atomic E-state index is 13.0. The van der Waals surface area contributed by atoms with Gasteiger partial charge in [-0.1, -0.05) is 24.6 Å². The number of rotatable bonds is 2. The fourth-order valence-electron chi connectivity index (χ4n) is 3.32. The van der Waals surface area contributed by atoms with E-state index in [4.69, 9.17) is 16.3 Å². The third-order valence-electron chi connectivity index (χ3n) is 4.64. The standard InChI is InChI=1S/C18H17ClF3NO/c1-17(14-10-12(19)4-6-16(14)24-2)7-8-23-15-9-11(18(20,21)22)3-5-13(15)17/h3-6,9-10,23H,7-8H2,1-2H3. The van der Waals surface area contributed by atoms with Gasteiger partial charge in [-0.05, 0) is 42.3 Å². The van der Waals surface area contributed by atoms with Crippen molar-refractivity contribution in [3.63, 3.8) is 0 Å². The van der Waals surface area contributed by atoms with E-state index in [1.807, 2.05) is 13.0 Å². The summed E-state index contributed by atoms with van der Waals surface area (Å²) in [6.45, 7) is 2.58. The first kappa shape index (κ1) is 17.0. The van der Waals surface area contributed by atoms with Gasteiger partial charge in [0.1, 0.15) is 5.75 Å². The quantitative estimate of drug-likeness (QED) is 0.769. The summed E-state index contributed by atoms with van der Waals surface area (Å²) in [5, 5.41) is 3.65.